The van der Waals surface area contributed by atoms with Gasteiger partial charge in [0.1, 0.15) is 5.82 Å². The van der Waals surface area contributed by atoms with E-state index in [1.54, 1.807) is 11.3 Å². The SMILES string of the molecule is Cc1nc(CCNC(=O)c2ccc(F)c(Br)c2)cs1. The van der Waals surface area contributed by atoms with Gasteiger partial charge in [0.15, 0.2) is 0 Å². The third-order valence-corrected chi connectivity index (χ3v) is 3.95. The number of hydrogen-bond acceptors (Lipinski definition) is 3. The van der Waals surface area contributed by atoms with Gasteiger partial charge in [0.05, 0.1) is 15.2 Å². The maximum Gasteiger partial charge on any atom is 0.251 e. The van der Waals surface area contributed by atoms with E-state index in [4.69, 9.17) is 0 Å². The third-order valence-electron chi connectivity index (χ3n) is 2.52. The molecule has 100 valence electrons. The van der Waals surface area contributed by atoms with Crippen LogP contribution in [0.1, 0.15) is 21.1 Å². The average Bonchev–Trinajstić information content (AvgIpc) is 2.78. The van der Waals surface area contributed by atoms with Gasteiger partial charge in [-0.25, -0.2) is 9.37 Å². The Hall–Kier alpha value is -1.27. The van der Waals surface area contributed by atoms with E-state index in [0.717, 1.165) is 10.7 Å². The first-order valence-electron chi connectivity index (χ1n) is 5.70. The lowest BCUT2D eigenvalue weighted by Crippen LogP contribution is -2.25. The summed E-state index contributed by atoms with van der Waals surface area (Å²) in [4.78, 5) is 16.1. The molecule has 19 heavy (non-hydrogen) atoms. The zero-order chi connectivity index (χ0) is 13.8. The van der Waals surface area contributed by atoms with Crippen LogP contribution in [0.25, 0.3) is 0 Å². The van der Waals surface area contributed by atoms with Crippen molar-refractivity contribution in [1.29, 1.82) is 0 Å². The van der Waals surface area contributed by atoms with Gasteiger partial charge in [-0.2, -0.15) is 0 Å². The molecular weight excluding hydrogens is 331 g/mol. The van der Waals surface area contributed by atoms with Gasteiger partial charge in [0.25, 0.3) is 5.91 Å². The van der Waals surface area contributed by atoms with E-state index in [2.05, 4.69) is 26.2 Å². The van der Waals surface area contributed by atoms with Crippen molar-refractivity contribution in [3.05, 3.63) is 50.1 Å². The highest BCUT2D eigenvalue weighted by molar-refractivity contribution is 9.10. The van der Waals surface area contributed by atoms with Crippen LogP contribution in [0.2, 0.25) is 0 Å². The number of aromatic nitrogens is 1. The number of aryl methyl sites for hydroxylation is 1. The molecule has 0 spiro atoms. The molecule has 0 aliphatic heterocycles. The molecule has 0 atom stereocenters. The van der Waals surface area contributed by atoms with Crippen LogP contribution in [0.3, 0.4) is 0 Å². The minimum atomic E-state index is -0.380. The molecule has 2 aromatic rings. The molecule has 0 fully saturated rings. The smallest absolute Gasteiger partial charge is 0.251 e. The summed E-state index contributed by atoms with van der Waals surface area (Å²) in [6, 6.07) is 4.20. The van der Waals surface area contributed by atoms with Crippen LogP contribution in [0.5, 0.6) is 0 Å². The van der Waals surface area contributed by atoms with E-state index < -0.39 is 0 Å². The first kappa shape index (κ1) is 14.1. The van der Waals surface area contributed by atoms with Crippen LogP contribution >= 0.6 is 27.3 Å². The summed E-state index contributed by atoms with van der Waals surface area (Å²) in [6.45, 7) is 2.46. The number of nitrogens with zero attached hydrogens (tertiary/aromatic N) is 1. The molecule has 3 nitrogen and oxygen atoms in total. The molecule has 0 bridgehead atoms. The summed E-state index contributed by atoms with van der Waals surface area (Å²) in [6.07, 6.45) is 0.693. The highest BCUT2D eigenvalue weighted by Gasteiger charge is 2.08. The molecular formula is C13H12BrFN2OS. The number of carbonyl (C=O) groups excluding carboxylic acids is 1. The van der Waals surface area contributed by atoms with Crippen molar-refractivity contribution < 1.29 is 9.18 Å². The highest BCUT2D eigenvalue weighted by atomic mass is 79.9. The molecule has 0 radical (unpaired) electrons. The minimum Gasteiger partial charge on any atom is -0.352 e. The van der Waals surface area contributed by atoms with Gasteiger partial charge in [-0.3, -0.25) is 4.79 Å². The van der Waals surface area contributed by atoms with Gasteiger partial charge in [0, 0.05) is 23.9 Å². The second-order valence-corrected chi connectivity index (χ2v) is 5.91. The van der Waals surface area contributed by atoms with Gasteiger partial charge in [-0.1, -0.05) is 0 Å². The Bertz CT molecular complexity index is 600. The van der Waals surface area contributed by atoms with Crippen LogP contribution in [-0.2, 0) is 6.42 Å². The van der Waals surface area contributed by atoms with E-state index >= 15 is 0 Å². The average molecular weight is 343 g/mol. The number of benzene rings is 1. The van der Waals surface area contributed by atoms with Crippen molar-refractivity contribution in [1.82, 2.24) is 10.3 Å². The van der Waals surface area contributed by atoms with Crippen molar-refractivity contribution in [2.24, 2.45) is 0 Å². The van der Waals surface area contributed by atoms with Crippen LogP contribution < -0.4 is 5.32 Å². The topological polar surface area (TPSA) is 42.0 Å². The molecule has 0 aliphatic carbocycles. The Labute approximate surface area is 123 Å². The lowest BCUT2D eigenvalue weighted by molar-refractivity contribution is 0.0954. The summed E-state index contributed by atoms with van der Waals surface area (Å²) in [7, 11) is 0. The molecule has 0 saturated carbocycles. The fraction of sp³-hybridized carbons (Fsp3) is 0.231. The summed E-state index contributed by atoms with van der Waals surface area (Å²) >= 11 is 4.65. The predicted octanol–water partition coefficient (Wildman–Crippen LogP) is 3.33. The molecule has 1 aromatic carbocycles. The van der Waals surface area contributed by atoms with Crippen molar-refractivity contribution >= 4 is 33.2 Å². The zero-order valence-corrected chi connectivity index (χ0v) is 12.6. The fourth-order valence-corrected chi connectivity index (χ4v) is 2.59. The Morgan fingerprint density at radius 1 is 1.53 bits per heavy atom. The second kappa shape index (κ2) is 6.25. The third kappa shape index (κ3) is 3.84. The Balaban J connectivity index is 1.89. The van der Waals surface area contributed by atoms with Crippen molar-refractivity contribution in [3.63, 3.8) is 0 Å². The monoisotopic (exact) mass is 342 g/mol. The van der Waals surface area contributed by atoms with Gasteiger partial charge in [-0.05, 0) is 41.1 Å². The predicted molar refractivity (Wildman–Crippen MR) is 77.0 cm³/mol. The molecule has 6 heteroatoms. The van der Waals surface area contributed by atoms with Crippen LogP contribution in [0, 0.1) is 12.7 Å². The number of carbonyl (C=O) groups is 1. The Kier molecular flexibility index (Phi) is 4.66. The van der Waals surface area contributed by atoms with E-state index in [0.29, 0.717) is 18.5 Å². The maximum absolute atomic E-state index is 13.1. The maximum atomic E-state index is 13.1. The lowest BCUT2D eigenvalue weighted by atomic mass is 10.2. The van der Waals surface area contributed by atoms with Crippen LogP contribution in [-0.4, -0.2) is 17.4 Å². The van der Waals surface area contributed by atoms with Crippen molar-refractivity contribution in [2.45, 2.75) is 13.3 Å². The van der Waals surface area contributed by atoms with Crippen LogP contribution in [0.4, 0.5) is 4.39 Å². The zero-order valence-electron chi connectivity index (χ0n) is 10.2. The normalized spacial score (nSPS) is 10.5. The number of rotatable bonds is 4. The number of amides is 1. The molecule has 2 rings (SSSR count). The van der Waals surface area contributed by atoms with Crippen molar-refractivity contribution in [3.8, 4) is 0 Å². The first-order chi connectivity index (χ1) is 9.06. The van der Waals surface area contributed by atoms with Crippen LogP contribution in [0.15, 0.2) is 28.1 Å². The van der Waals surface area contributed by atoms with Gasteiger partial charge in [0.2, 0.25) is 0 Å². The fourth-order valence-electron chi connectivity index (χ4n) is 1.57. The highest BCUT2D eigenvalue weighted by Crippen LogP contribution is 2.16. The number of hydrogen-bond donors (Lipinski definition) is 1. The molecule has 1 N–H and O–H groups in total. The second-order valence-electron chi connectivity index (χ2n) is 3.99. The summed E-state index contributed by atoms with van der Waals surface area (Å²) < 4.78 is 13.3. The Morgan fingerprint density at radius 2 is 2.32 bits per heavy atom. The lowest BCUT2D eigenvalue weighted by Gasteiger charge is -2.05. The number of halogens is 2. The number of thiazole rings is 1. The largest absolute Gasteiger partial charge is 0.352 e. The van der Waals surface area contributed by atoms with Gasteiger partial charge < -0.3 is 5.32 Å². The molecule has 1 aromatic heterocycles. The van der Waals surface area contributed by atoms with Gasteiger partial charge in [-0.15, -0.1) is 11.3 Å². The molecule has 0 unspecified atom stereocenters. The van der Waals surface area contributed by atoms with E-state index in [1.165, 1.54) is 18.2 Å². The van der Waals surface area contributed by atoms with Gasteiger partial charge >= 0.3 is 0 Å². The Morgan fingerprint density at radius 3 is 2.95 bits per heavy atom. The first-order valence-corrected chi connectivity index (χ1v) is 7.38. The van der Waals surface area contributed by atoms with E-state index in [1.807, 2.05) is 12.3 Å². The summed E-state index contributed by atoms with van der Waals surface area (Å²) in [5.41, 5.74) is 1.41. The summed E-state index contributed by atoms with van der Waals surface area (Å²) in [5, 5.41) is 5.79. The molecule has 1 amide bonds. The quantitative estimate of drug-likeness (QED) is 0.925. The molecule has 1 heterocycles. The van der Waals surface area contributed by atoms with Crippen molar-refractivity contribution in [2.75, 3.05) is 6.54 Å². The minimum absolute atomic E-state index is 0.215. The standard InChI is InChI=1S/C13H12BrFN2OS/c1-8-17-10(7-19-8)4-5-16-13(18)9-2-3-12(15)11(14)6-9/h2-3,6-7H,4-5H2,1H3,(H,16,18). The summed E-state index contributed by atoms with van der Waals surface area (Å²) in [5.74, 6) is -0.595. The number of nitrogens with one attached hydrogen (secondary N) is 1. The molecule has 0 saturated heterocycles. The van der Waals surface area contributed by atoms with E-state index in [9.17, 15) is 9.18 Å². The molecule has 0 aliphatic rings. The van der Waals surface area contributed by atoms with E-state index in [-0.39, 0.29) is 16.2 Å².